The van der Waals surface area contributed by atoms with Gasteiger partial charge in [-0.25, -0.2) is 9.79 Å². The minimum atomic E-state index is -0.769. The van der Waals surface area contributed by atoms with E-state index in [4.69, 9.17) is 23.4 Å². The number of carbonyl (C=O) groups excluding carboxylic acids is 1. The van der Waals surface area contributed by atoms with E-state index in [2.05, 4.69) is 25.8 Å². The summed E-state index contributed by atoms with van der Waals surface area (Å²) in [6.45, 7) is 8.67. The Hall–Kier alpha value is -3.35. The molecule has 40 heavy (non-hydrogen) atoms. The number of thiazole rings is 1. The van der Waals surface area contributed by atoms with Gasteiger partial charge in [-0.3, -0.25) is 9.36 Å². The second-order valence-corrected chi connectivity index (χ2v) is 10.9. The Kier molecular flexibility index (Phi) is 8.48. The standard InChI is InChI=1S/C28H30BrN3O7S/c1-5-37-21-13-17(7-8-20(21)35-4)24-23(27(34)38-6-2)16(3)30-28-32(24)25(33)22(40-28)15-18-14-19(29)26(39-18)31-9-11-36-12-10-31/h7-8,13-15,24H,5-6,9-12H2,1-4H3/b22-15+/t24-/m0/s1. The van der Waals surface area contributed by atoms with Crippen LogP contribution in [-0.4, -0.2) is 57.2 Å². The van der Waals surface area contributed by atoms with E-state index >= 15 is 0 Å². The van der Waals surface area contributed by atoms with Crippen molar-refractivity contribution >= 4 is 45.2 Å². The smallest absolute Gasteiger partial charge is 0.338 e. The van der Waals surface area contributed by atoms with Crippen LogP contribution in [0.4, 0.5) is 5.88 Å². The van der Waals surface area contributed by atoms with Crippen molar-refractivity contribution in [1.29, 1.82) is 0 Å². The first-order valence-electron chi connectivity index (χ1n) is 13.0. The number of rotatable bonds is 8. The van der Waals surface area contributed by atoms with Gasteiger partial charge in [0.15, 0.2) is 16.3 Å². The highest BCUT2D eigenvalue weighted by molar-refractivity contribution is 9.10. The van der Waals surface area contributed by atoms with Crippen molar-refractivity contribution in [2.75, 3.05) is 51.5 Å². The molecule has 0 spiro atoms. The lowest BCUT2D eigenvalue weighted by Crippen LogP contribution is -2.40. The summed E-state index contributed by atoms with van der Waals surface area (Å²) in [5.74, 6) is 1.76. The van der Waals surface area contributed by atoms with Crippen LogP contribution in [0.3, 0.4) is 0 Å². The van der Waals surface area contributed by atoms with Crippen LogP contribution in [0.2, 0.25) is 0 Å². The van der Waals surface area contributed by atoms with Gasteiger partial charge in [0.05, 0.1) is 59.9 Å². The van der Waals surface area contributed by atoms with E-state index in [1.54, 1.807) is 39.2 Å². The van der Waals surface area contributed by atoms with E-state index < -0.39 is 12.0 Å². The van der Waals surface area contributed by atoms with E-state index in [1.807, 2.05) is 19.1 Å². The minimum absolute atomic E-state index is 0.193. The Labute approximate surface area is 243 Å². The monoisotopic (exact) mass is 631 g/mol. The first-order valence-corrected chi connectivity index (χ1v) is 14.6. The number of halogens is 1. The normalized spacial score (nSPS) is 17.5. The number of benzene rings is 1. The van der Waals surface area contributed by atoms with Crippen LogP contribution in [0.25, 0.3) is 6.08 Å². The molecule has 2 aliphatic rings. The Balaban J connectivity index is 1.65. The summed E-state index contributed by atoms with van der Waals surface area (Å²) in [6.07, 6.45) is 1.71. The molecule has 212 valence electrons. The molecule has 1 atom stereocenters. The summed E-state index contributed by atoms with van der Waals surface area (Å²) < 4.78 is 31.0. The van der Waals surface area contributed by atoms with Crippen LogP contribution in [-0.2, 0) is 14.3 Å². The second kappa shape index (κ2) is 12.0. The van der Waals surface area contributed by atoms with Gasteiger partial charge in [0.1, 0.15) is 5.76 Å². The highest BCUT2D eigenvalue weighted by atomic mass is 79.9. The van der Waals surface area contributed by atoms with E-state index in [1.165, 1.54) is 15.9 Å². The van der Waals surface area contributed by atoms with Gasteiger partial charge in [-0.15, -0.1) is 0 Å². The SMILES string of the molecule is CCOC(=O)C1=C(C)N=c2s/c(=C/c3cc(Br)c(N4CCOCC4)o3)c(=O)n2[C@H]1c1ccc(OC)c(OCC)c1. The zero-order valence-electron chi connectivity index (χ0n) is 22.7. The molecular formula is C28H30BrN3O7S. The van der Waals surface area contributed by atoms with E-state index in [0.29, 0.717) is 69.1 Å². The van der Waals surface area contributed by atoms with Gasteiger partial charge in [-0.05, 0) is 54.4 Å². The average Bonchev–Trinajstić information content (AvgIpc) is 3.46. The van der Waals surface area contributed by atoms with Crippen LogP contribution >= 0.6 is 27.3 Å². The predicted molar refractivity (Wildman–Crippen MR) is 154 cm³/mol. The molecule has 1 saturated heterocycles. The molecule has 0 saturated carbocycles. The molecule has 1 aromatic carbocycles. The van der Waals surface area contributed by atoms with Gasteiger partial charge < -0.3 is 28.3 Å². The highest BCUT2D eigenvalue weighted by Gasteiger charge is 2.34. The number of hydrogen-bond acceptors (Lipinski definition) is 10. The fraction of sp³-hybridized carbons (Fsp3) is 0.393. The fourth-order valence-corrected chi connectivity index (χ4v) is 6.38. The predicted octanol–water partition coefficient (Wildman–Crippen LogP) is 3.40. The number of fused-ring (bicyclic) bond motifs is 1. The molecule has 3 aromatic rings. The number of furan rings is 1. The van der Waals surface area contributed by atoms with Crippen molar-refractivity contribution in [3.8, 4) is 11.5 Å². The lowest BCUT2D eigenvalue weighted by molar-refractivity contribution is -0.139. The lowest BCUT2D eigenvalue weighted by atomic mass is 9.95. The third-order valence-corrected chi connectivity index (χ3v) is 8.13. The fourth-order valence-electron chi connectivity index (χ4n) is 4.80. The molecule has 12 heteroatoms. The van der Waals surface area contributed by atoms with Crippen molar-refractivity contribution in [2.45, 2.75) is 26.8 Å². The van der Waals surface area contributed by atoms with E-state index in [9.17, 15) is 9.59 Å². The summed E-state index contributed by atoms with van der Waals surface area (Å²) in [4.78, 5) is 34.3. The minimum Gasteiger partial charge on any atom is -0.493 e. The van der Waals surface area contributed by atoms with Crippen molar-refractivity contribution in [2.24, 2.45) is 4.99 Å². The first-order chi connectivity index (χ1) is 19.4. The Morgan fingerprint density at radius 1 is 1.20 bits per heavy atom. The molecular weight excluding hydrogens is 602 g/mol. The Bertz CT molecular complexity index is 1630. The molecule has 0 aliphatic carbocycles. The lowest BCUT2D eigenvalue weighted by Gasteiger charge is -2.26. The van der Waals surface area contributed by atoms with Crippen LogP contribution in [0.1, 0.15) is 38.1 Å². The van der Waals surface area contributed by atoms with Gasteiger partial charge in [0.2, 0.25) is 5.88 Å². The largest absolute Gasteiger partial charge is 0.493 e. The number of esters is 1. The first kappa shape index (κ1) is 28.2. The van der Waals surface area contributed by atoms with Crippen LogP contribution < -0.4 is 29.3 Å². The molecule has 0 unspecified atom stereocenters. The molecule has 5 rings (SSSR count). The van der Waals surface area contributed by atoms with Crippen molar-refractivity contribution in [1.82, 2.24) is 4.57 Å². The molecule has 10 nitrogen and oxygen atoms in total. The highest BCUT2D eigenvalue weighted by Crippen LogP contribution is 2.36. The number of anilines is 1. The van der Waals surface area contributed by atoms with E-state index in [-0.39, 0.29) is 12.2 Å². The van der Waals surface area contributed by atoms with Gasteiger partial charge in [-0.2, -0.15) is 0 Å². The molecule has 0 radical (unpaired) electrons. The maximum Gasteiger partial charge on any atom is 0.338 e. The van der Waals surface area contributed by atoms with Gasteiger partial charge in [0, 0.05) is 25.2 Å². The Morgan fingerprint density at radius 3 is 2.67 bits per heavy atom. The maximum atomic E-state index is 13.9. The average molecular weight is 633 g/mol. The van der Waals surface area contributed by atoms with Crippen molar-refractivity contribution < 1.29 is 28.2 Å². The van der Waals surface area contributed by atoms with Crippen LogP contribution in [0.15, 0.2) is 54.2 Å². The third kappa shape index (κ3) is 5.35. The quantitative estimate of drug-likeness (QED) is 0.349. The topological polar surface area (TPSA) is 105 Å². The number of aromatic nitrogens is 1. The van der Waals surface area contributed by atoms with Gasteiger partial charge >= 0.3 is 5.97 Å². The van der Waals surface area contributed by atoms with Gasteiger partial charge in [-0.1, -0.05) is 17.4 Å². The third-order valence-electron chi connectivity index (χ3n) is 6.58. The van der Waals surface area contributed by atoms with E-state index in [0.717, 1.165) is 17.6 Å². The van der Waals surface area contributed by atoms with Crippen molar-refractivity contribution in [3.63, 3.8) is 0 Å². The second-order valence-electron chi connectivity index (χ2n) is 9.05. The number of ether oxygens (including phenoxy) is 4. The summed E-state index contributed by atoms with van der Waals surface area (Å²) in [7, 11) is 1.56. The summed E-state index contributed by atoms with van der Waals surface area (Å²) in [5.41, 5.74) is 1.16. The maximum absolute atomic E-state index is 13.9. The molecule has 2 aromatic heterocycles. The number of methoxy groups -OCH3 is 1. The molecule has 0 bridgehead atoms. The number of nitrogens with zero attached hydrogens (tertiary/aromatic N) is 3. The number of carbonyl (C=O) groups is 1. The van der Waals surface area contributed by atoms with Crippen LogP contribution in [0, 0.1) is 0 Å². The summed E-state index contributed by atoms with van der Waals surface area (Å²) in [5, 5.41) is 0. The van der Waals surface area contributed by atoms with Gasteiger partial charge in [0.25, 0.3) is 5.56 Å². The summed E-state index contributed by atoms with van der Waals surface area (Å²) >= 11 is 4.82. The molecule has 0 amide bonds. The Morgan fingerprint density at radius 2 is 1.98 bits per heavy atom. The summed E-state index contributed by atoms with van der Waals surface area (Å²) in [6, 6.07) is 6.45. The molecule has 0 N–H and O–H groups in total. The zero-order chi connectivity index (χ0) is 28.4. The molecule has 2 aliphatic heterocycles. The number of morpholine rings is 1. The number of hydrogen-bond donors (Lipinski definition) is 0. The zero-order valence-corrected chi connectivity index (χ0v) is 25.1. The molecule has 1 fully saturated rings. The molecule has 4 heterocycles. The number of allylic oxidation sites excluding steroid dienone is 1. The van der Waals surface area contributed by atoms with Crippen LogP contribution in [0.5, 0.6) is 11.5 Å². The van der Waals surface area contributed by atoms with Crippen molar-refractivity contribution in [3.05, 3.63) is 71.0 Å².